The molecule has 0 aromatic heterocycles. The van der Waals surface area contributed by atoms with Gasteiger partial charge in [-0.05, 0) is 36.4 Å². The van der Waals surface area contributed by atoms with Gasteiger partial charge in [0, 0.05) is 74.1 Å². The van der Waals surface area contributed by atoms with Crippen LogP contribution in [0.25, 0.3) is 0 Å². The standard InChI is InChI=1S/C26H24IN3O4/c1-29(2)16-6-9-20-22(12-16)33-23-13-17(30(3)4)7-10-21(23)26(20)19-8-5-15(28-24(31)14-27)11-18(19)25(32)34-26/h5-13H,14H2,1-4H3,(H,28,31). The van der Waals surface area contributed by atoms with Gasteiger partial charge in [-0.3, -0.25) is 4.79 Å². The Hall–Kier alpha value is -3.27. The van der Waals surface area contributed by atoms with Crippen molar-refractivity contribution in [3.8, 4) is 11.5 Å². The Labute approximate surface area is 211 Å². The molecule has 3 aromatic carbocycles. The van der Waals surface area contributed by atoms with E-state index in [1.807, 2.05) is 109 Å². The third-order valence-corrected chi connectivity index (χ3v) is 6.90. The van der Waals surface area contributed by atoms with E-state index in [0.29, 0.717) is 27.2 Å². The molecule has 2 aliphatic rings. The van der Waals surface area contributed by atoms with Gasteiger partial charge >= 0.3 is 5.97 Å². The number of nitrogens with one attached hydrogen (secondary N) is 1. The number of halogens is 1. The average Bonchev–Trinajstić information content (AvgIpc) is 3.10. The van der Waals surface area contributed by atoms with Crippen LogP contribution in [0.3, 0.4) is 0 Å². The second-order valence-electron chi connectivity index (χ2n) is 8.76. The summed E-state index contributed by atoms with van der Waals surface area (Å²) in [6.07, 6.45) is 0. The van der Waals surface area contributed by atoms with E-state index < -0.39 is 11.6 Å². The smallest absolute Gasteiger partial charge is 0.340 e. The van der Waals surface area contributed by atoms with Crippen molar-refractivity contribution in [2.45, 2.75) is 5.60 Å². The van der Waals surface area contributed by atoms with Gasteiger partial charge in [0.15, 0.2) is 5.60 Å². The van der Waals surface area contributed by atoms with Crippen LogP contribution in [0.1, 0.15) is 27.0 Å². The number of esters is 1. The van der Waals surface area contributed by atoms with Crippen molar-refractivity contribution in [2.75, 3.05) is 47.7 Å². The molecule has 0 aliphatic carbocycles. The summed E-state index contributed by atoms with van der Waals surface area (Å²) >= 11 is 2.00. The first-order valence-corrected chi connectivity index (χ1v) is 12.3. The van der Waals surface area contributed by atoms with Gasteiger partial charge in [-0.2, -0.15) is 0 Å². The topological polar surface area (TPSA) is 71.1 Å². The van der Waals surface area contributed by atoms with E-state index in [9.17, 15) is 9.59 Å². The number of carbonyl (C=O) groups is 2. The lowest BCUT2D eigenvalue weighted by Gasteiger charge is -2.37. The second kappa shape index (κ2) is 8.19. The highest BCUT2D eigenvalue weighted by Gasteiger charge is 2.53. The Morgan fingerprint density at radius 1 is 0.882 bits per heavy atom. The van der Waals surface area contributed by atoms with Crippen LogP contribution in [0.2, 0.25) is 0 Å². The van der Waals surface area contributed by atoms with Gasteiger partial charge in [-0.25, -0.2) is 4.79 Å². The van der Waals surface area contributed by atoms with Crippen LogP contribution in [0, 0.1) is 0 Å². The number of benzene rings is 3. The molecule has 0 saturated carbocycles. The predicted molar refractivity (Wildman–Crippen MR) is 141 cm³/mol. The zero-order chi connectivity index (χ0) is 24.2. The molecule has 1 amide bonds. The Bertz CT molecular complexity index is 1280. The normalized spacial score (nSPS) is 14.4. The number of carbonyl (C=O) groups excluding carboxylic acids is 2. The van der Waals surface area contributed by atoms with Crippen molar-refractivity contribution in [3.63, 3.8) is 0 Å². The summed E-state index contributed by atoms with van der Waals surface area (Å²) in [5, 5.41) is 2.82. The fourth-order valence-electron chi connectivity index (χ4n) is 4.53. The zero-order valence-electron chi connectivity index (χ0n) is 19.3. The van der Waals surface area contributed by atoms with Gasteiger partial charge < -0.3 is 24.6 Å². The summed E-state index contributed by atoms with van der Waals surface area (Å²) in [6, 6.07) is 17.2. The second-order valence-corrected chi connectivity index (χ2v) is 9.53. The summed E-state index contributed by atoms with van der Waals surface area (Å²) in [4.78, 5) is 29.1. The Morgan fingerprint density at radius 3 is 1.97 bits per heavy atom. The molecule has 5 rings (SSSR count). The van der Waals surface area contributed by atoms with Crippen LogP contribution in [0.5, 0.6) is 11.5 Å². The number of nitrogens with zero attached hydrogens (tertiary/aromatic N) is 2. The molecule has 1 N–H and O–H groups in total. The highest BCUT2D eigenvalue weighted by molar-refractivity contribution is 14.1. The third kappa shape index (κ3) is 3.39. The fourth-order valence-corrected chi connectivity index (χ4v) is 4.72. The molecule has 2 heterocycles. The molecule has 0 radical (unpaired) electrons. The molecule has 3 aromatic rings. The molecule has 0 atom stereocenters. The van der Waals surface area contributed by atoms with Gasteiger partial charge in [0.1, 0.15) is 11.5 Å². The number of hydrogen-bond acceptors (Lipinski definition) is 6. The van der Waals surface area contributed by atoms with Crippen LogP contribution in [0.15, 0.2) is 54.6 Å². The molecule has 34 heavy (non-hydrogen) atoms. The van der Waals surface area contributed by atoms with Crippen LogP contribution < -0.4 is 19.9 Å². The van der Waals surface area contributed by atoms with Gasteiger partial charge in [-0.15, -0.1) is 0 Å². The number of amides is 1. The maximum Gasteiger partial charge on any atom is 0.340 e. The highest BCUT2D eigenvalue weighted by atomic mass is 127. The molecule has 0 fully saturated rings. The lowest BCUT2D eigenvalue weighted by atomic mass is 9.77. The van der Waals surface area contributed by atoms with E-state index in [2.05, 4.69) is 5.32 Å². The van der Waals surface area contributed by atoms with Crippen molar-refractivity contribution in [3.05, 3.63) is 76.9 Å². The first kappa shape index (κ1) is 22.5. The minimum atomic E-state index is -1.14. The molecule has 0 bridgehead atoms. The summed E-state index contributed by atoms with van der Waals surface area (Å²) in [7, 11) is 7.87. The molecule has 8 heteroatoms. The number of alkyl halides is 1. The lowest BCUT2D eigenvalue weighted by molar-refractivity contribution is -0.113. The first-order chi connectivity index (χ1) is 16.2. The molecule has 0 unspecified atom stereocenters. The van der Waals surface area contributed by atoms with Crippen LogP contribution >= 0.6 is 22.6 Å². The molecule has 2 aliphatic heterocycles. The summed E-state index contributed by atoms with van der Waals surface area (Å²) in [5.74, 6) is 0.707. The van der Waals surface area contributed by atoms with Crippen molar-refractivity contribution < 1.29 is 19.1 Å². The Morgan fingerprint density at radius 2 is 1.44 bits per heavy atom. The van der Waals surface area contributed by atoms with Crippen LogP contribution in [0.4, 0.5) is 17.1 Å². The van der Waals surface area contributed by atoms with E-state index in [0.717, 1.165) is 28.1 Å². The van der Waals surface area contributed by atoms with Crippen LogP contribution in [-0.4, -0.2) is 44.5 Å². The summed E-state index contributed by atoms with van der Waals surface area (Å²) in [5.41, 5.74) is 4.05. The zero-order valence-corrected chi connectivity index (χ0v) is 21.5. The first-order valence-electron chi connectivity index (χ1n) is 10.8. The quantitative estimate of drug-likeness (QED) is 0.278. The summed E-state index contributed by atoms with van der Waals surface area (Å²) < 4.78 is 12.9. The minimum Gasteiger partial charge on any atom is -0.456 e. The van der Waals surface area contributed by atoms with Crippen molar-refractivity contribution in [1.29, 1.82) is 0 Å². The van der Waals surface area contributed by atoms with Crippen LogP contribution in [-0.2, 0) is 15.1 Å². The van der Waals surface area contributed by atoms with Gasteiger partial charge in [-0.1, -0.05) is 28.7 Å². The van der Waals surface area contributed by atoms with E-state index in [1.165, 1.54) is 0 Å². The average molecular weight is 569 g/mol. The SMILES string of the molecule is CN(C)c1ccc2c(c1)Oc1cc(N(C)C)ccc1C21OC(=O)c2cc(NC(=O)CI)ccc21. The van der Waals surface area contributed by atoms with Crippen molar-refractivity contribution in [2.24, 2.45) is 0 Å². The van der Waals surface area contributed by atoms with E-state index >= 15 is 0 Å². The van der Waals surface area contributed by atoms with Crippen molar-refractivity contribution >= 4 is 51.5 Å². The summed E-state index contributed by atoms with van der Waals surface area (Å²) in [6.45, 7) is 0. The molecule has 1 spiro atoms. The Balaban J connectivity index is 1.75. The van der Waals surface area contributed by atoms with Gasteiger partial charge in [0.2, 0.25) is 5.91 Å². The maximum atomic E-state index is 13.2. The molecular formula is C26H24IN3O4. The number of rotatable bonds is 4. The van der Waals surface area contributed by atoms with Gasteiger partial charge in [0.05, 0.1) is 9.99 Å². The fraction of sp³-hybridized carbons (Fsp3) is 0.231. The number of hydrogen-bond donors (Lipinski definition) is 1. The number of anilines is 3. The lowest BCUT2D eigenvalue weighted by Crippen LogP contribution is -2.33. The number of fused-ring (bicyclic) bond motifs is 6. The largest absolute Gasteiger partial charge is 0.456 e. The monoisotopic (exact) mass is 569 g/mol. The molecular weight excluding hydrogens is 545 g/mol. The van der Waals surface area contributed by atoms with E-state index in [4.69, 9.17) is 9.47 Å². The predicted octanol–water partition coefficient (Wildman–Crippen LogP) is 4.76. The number of ether oxygens (including phenoxy) is 2. The van der Waals surface area contributed by atoms with Gasteiger partial charge in [0.25, 0.3) is 0 Å². The Kier molecular flexibility index (Phi) is 5.43. The van der Waals surface area contributed by atoms with E-state index in [1.54, 1.807) is 6.07 Å². The molecule has 0 saturated heterocycles. The van der Waals surface area contributed by atoms with Crippen molar-refractivity contribution in [1.82, 2.24) is 0 Å². The third-order valence-electron chi connectivity index (χ3n) is 6.21. The molecule has 7 nitrogen and oxygen atoms in total. The van der Waals surface area contributed by atoms with E-state index in [-0.39, 0.29) is 5.91 Å². The minimum absolute atomic E-state index is 0.129. The maximum absolute atomic E-state index is 13.2. The highest BCUT2D eigenvalue weighted by Crippen LogP contribution is 2.57. The molecule has 174 valence electrons.